The highest BCUT2D eigenvalue weighted by Gasteiger charge is 2.22. The van der Waals surface area contributed by atoms with Crippen LogP contribution >= 0.6 is 11.8 Å². The first-order valence-corrected chi connectivity index (χ1v) is 11.9. The van der Waals surface area contributed by atoms with Crippen LogP contribution in [0.1, 0.15) is 65.2 Å². The molecule has 0 atom stereocenters. The zero-order valence-corrected chi connectivity index (χ0v) is 18.4. The molecule has 0 heterocycles. The maximum atomic E-state index is 14.4. The van der Waals surface area contributed by atoms with E-state index in [0.717, 1.165) is 5.92 Å². The summed E-state index contributed by atoms with van der Waals surface area (Å²) in [5, 5.41) is 0.669. The van der Waals surface area contributed by atoms with Crippen LogP contribution in [0.25, 0.3) is 11.1 Å². The summed E-state index contributed by atoms with van der Waals surface area (Å²) in [4.78, 5) is 1.20. The van der Waals surface area contributed by atoms with Crippen molar-refractivity contribution in [3.63, 3.8) is 0 Å². The normalized spacial score (nSPS) is 19.3. The molecule has 0 aliphatic heterocycles. The van der Waals surface area contributed by atoms with E-state index >= 15 is 0 Å². The molecule has 1 aliphatic carbocycles. The second-order valence-corrected chi connectivity index (χ2v) is 9.33. The molecule has 0 aromatic heterocycles. The van der Waals surface area contributed by atoms with Crippen LogP contribution in [0.2, 0.25) is 0 Å². The number of hydrogen-bond donors (Lipinski definition) is 0. The van der Waals surface area contributed by atoms with Crippen LogP contribution in [0, 0.1) is 17.6 Å². The Hall–Kier alpha value is -1.55. The molecule has 1 aliphatic rings. The fraction of sp³-hybridized carbons (Fsp3) is 0.520. The number of rotatable bonds is 9. The number of hydrogen-bond acceptors (Lipinski definition) is 2. The lowest BCUT2D eigenvalue weighted by Gasteiger charge is -2.28. The molecular weight excluding hydrogens is 386 g/mol. The molecule has 1 nitrogen and oxygen atoms in total. The lowest BCUT2D eigenvalue weighted by molar-refractivity contribution is 0.314. The zero-order chi connectivity index (χ0) is 20.6. The van der Waals surface area contributed by atoms with Gasteiger partial charge >= 0.3 is 0 Å². The fourth-order valence-corrected chi connectivity index (χ4v) is 5.33. The van der Waals surface area contributed by atoms with Gasteiger partial charge in [-0.1, -0.05) is 44.7 Å². The first kappa shape index (κ1) is 22.1. The van der Waals surface area contributed by atoms with Crippen LogP contribution in [0.4, 0.5) is 8.78 Å². The van der Waals surface area contributed by atoms with E-state index in [1.165, 1.54) is 62.3 Å². The third kappa shape index (κ3) is 5.97. The lowest BCUT2D eigenvalue weighted by Crippen LogP contribution is -2.16. The summed E-state index contributed by atoms with van der Waals surface area (Å²) in [6.45, 7) is 4.32. The first-order chi connectivity index (χ1) is 14.1. The summed E-state index contributed by atoms with van der Waals surface area (Å²) in [6, 6.07) is 10.9. The Morgan fingerprint density at radius 1 is 0.897 bits per heavy atom. The van der Waals surface area contributed by atoms with Gasteiger partial charge in [-0.2, -0.15) is 4.39 Å². The smallest absolute Gasteiger partial charge is 0.201 e. The number of benzene rings is 2. The predicted octanol–water partition coefficient (Wildman–Crippen LogP) is 8.26. The monoisotopic (exact) mass is 418 g/mol. The largest absolute Gasteiger partial charge is 0.491 e. The van der Waals surface area contributed by atoms with Gasteiger partial charge in [-0.05, 0) is 68.4 Å². The van der Waals surface area contributed by atoms with E-state index in [1.807, 2.05) is 36.0 Å². The van der Waals surface area contributed by atoms with Crippen LogP contribution < -0.4 is 4.74 Å². The van der Waals surface area contributed by atoms with Crippen molar-refractivity contribution in [3.8, 4) is 16.9 Å². The van der Waals surface area contributed by atoms with E-state index < -0.39 is 11.6 Å². The molecule has 0 bridgehead atoms. The molecule has 4 heteroatoms. The van der Waals surface area contributed by atoms with Crippen molar-refractivity contribution in [2.45, 2.75) is 75.4 Å². The van der Waals surface area contributed by atoms with E-state index in [0.29, 0.717) is 17.4 Å². The van der Waals surface area contributed by atoms with E-state index in [9.17, 15) is 8.78 Å². The molecule has 1 fully saturated rings. The van der Waals surface area contributed by atoms with Crippen LogP contribution in [0.5, 0.6) is 5.75 Å². The number of ether oxygens (including phenoxy) is 1. The Kier molecular flexibility index (Phi) is 8.40. The average Bonchev–Trinajstić information content (AvgIpc) is 2.74. The van der Waals surface area contributed by atoms with Crippen molar-refractivity contribution < 1.29 is 13.5 Å². The minimum absolute atomic E-state index is 0.0359. The lowest BCUT2D eigenvalue weighted by atomic mass is 9.85. The SMILES string of the molecule is CCCCCC1CCC(Sc2ccc(-c3ccc(OCC)c(F)c3F)cc2)CC1. The molecule has 158 valence electrons. The Morgan fingerprint density at radius 2 is 1.62 bits per heavy atom. The van der Waals surface area contributed by atoms with Crippen molar-refractivity contribution in [3.05, 3.63) is 48.0 Å². The number of unbranched alkanes of at least 4 members (excludes halogenated alkanes) is 2. The molecule has 0 unspecified atom stereocenters. The number of thioether (sulfide) groups is 1. The van der Waals surface area contributed by atoms with Crippen LogP contribution in [-0.2, 0) is 0 Å². The first-order valence-electron chi connectivity index (χ1n) is 11.0. The molecule has 0 radical (unpaired) electrons. The standard InChI is InChI=1S/C25H32F2OS/c1-3-5-6-7-18-8-12-20(13-9-18)29-21-14-10-19(11-15-21)22-16-17-23(28-4-2)25(27)24(22)26/h10-11,14-18,20H,3-9,12-13H2,1-2H3. The Balaban J connectivity index is 1.57. The van der Waals surface area contributed by atoms with Gasteiger partial charge in [0, 0.05) is 15.7 Å². The van der Waals surface area contributed by atoms with Gasteiger partial charge in [0.15, 0.2) is 11.6 Å². The Bertz CT molecular complexity index is 767. The molecule has 0 spiro atoms. The zero-order valence-electron chi connectivity index (χ0n) is 17.6. The fourth-order valence-electron chi connectivity index (χ4n) is 4.15. The van der Waals surface area contributed by atoms with Gasteiger partial charge in [0.2, 0.25) is 5.82 Å². The van der Waals surface area contributed by atoms with Crippen molar-refractivity contribution in [1.82, 2.24) is 0 Å². The summed E-state index contributed by atoms with van der Waals surface area (Å²) in [7, 11) is 0. The number of halogens is 2. The van der Waals surface area contributed by atoms with Gasteiger partial charge in [-0.3, -0.25) is 0 Å². The Morgan fingerprint density at radius 3 is 2.28 bits per heavy atom. The molecule has 0 N–H and O–H groups in total. The molecule has 2 aromatic rings. The highest BCUT2D eigenvalue weighted by atomic mass is 32.2. The molecule has 1 saturated carbocycles. The summed E-state index contributed by atoms with van der Waals surface area (Å²) in [5.74, 6) is -0.888. The maximum Gasteiger partial charge on any atom is 0.201 e. The topological polar surface area (TPSA) is 9.23 Å². The molecule has 0 amide bonds. The van der Waals surface area contributed by atoms with E-state index in [2.05, 4.69) is 6.92 Å². The van der Waals surface area contributed by atoms with E-state index in [4.69, 9.17) is 4.74 Å². The third-order valence-corrected chi connectivity index (χ3v) is 7.17. The van der Waals surface area contributed by atoms with Crippen LogP contribution in [0.15, 0.2) is 41.3 Å². The second-order valence-electron chi connectivity index (χ2n) is 7.95. The van der Waals surface area contributed by atoms with Gasteiger partial charge in [-0.25, -0.2) is 4.39 Å². The molecular formula is C25H32F2OS. The van der Waals surface area contributed by atoms with Gasteiger partial charge in [0.25, 0.3) is 0 Å². The average molecular weight is 419 g/mol. The van der Waals surface area contributed by atoms with E-state index in [-0.39, 0.29) is 11.3 Å². The second kappa shape index (κ2) is 11.0. The van der Waals surface area contributed by atoms with Crippen molar-refractivity contribution in [2.24, 2.45) is 5.92 Å². The molecule has 3 rings (SSSR count). The summed E-state index contributed by atoms with van der Waals surface area (Å²) >= 11 is 1.93. The highest BCUT2D eigenvalue weighted by Crippen LogP contribution is 2.38. The van der Waals surface area contributed by atoms with Crippen LogP contribution in [0.3, 0.4) is 0 Å². The highest BCUT2D eigenvalue weighted by molar-refractivity contribution is 8.00. The Labute approximate surface area is 178 Å². The molecule has 2 aromatic carbocycles. The molecule has 0 saturated heterocycles. The van der Waals surface area contributed by atoms with E-state index in [1.54, 1.807) is 13.0 Å². The van der Waals surface area contributed by atoms with Gasteiger partial charge in [0.05, 0.1) is 6.61 Å². The van der Waals surface area contributed by atoms with Crippen molar-refractivity contribution in [1.29, 1.82) is 0 Å². The van der Waals surface area contributed by atoms with Gasteiger partial charge < -0.3 is 4.74 Å². The van der Waals surface area contributed by atoms with Gasteiger partial charge in [-0.15, -0.1) is 11.8 Å². The van der Waals surface area contributed by atoms with Crippen molar-refractivity contribution in [2.75, 3.05) is 6.61 Å². The predicted molar refractivity (Wildman–Crippen MR) is 119 cm³/mol. The van der Waals surface area contributed by atoms with Gasteiger partial charge in [0.1, 0.15) is 0 Å². The minimum atomic E-state index is -0.918. The summed E-state index contributed by atoms with van der Waals surface area (Å²) < 4.78 is 33.7. The quantitative estimate of drug-likeness (QED) is 0.379. The van der Waals surface area contributed by atoms with Crippen molar-refractivity contribution >= 4 is 11.8 Å². The summed E-state index contributed by atoms with van der Waals surface area (Å²) in [6.07, 6.45) is 10.7. The summed E-state index contributed by atoms with van der Waals surface area (Å²) in [5.41, 5.74) is 0.962. The maximum absolute atomic E-state index is 14.4. The molecule has 29 heavy (non-hydrogen) atoms. The third-order valence-electron chi connectivity index (χ3n) is 5.82. The van der Waals surface area contributed by atoms with Crippen LogP contribution in [-0.4, -0.2) is 11.9 Å². The minimum Gasteiger partial charge on any atom is -0.491 e.